The fraction of sp³-hybridized carbons (Fsp3) is 0.533. The topological polar surface area (TPSA) is 105 Å². The monoisotopic (exact) mass is 365 g/mol. The Kier molecular flexibility index (Phi) is 5.19. The summed E-state index contributed by atoms with van der Waals surface area (Å²) in [6.07, 6.45) is 3.82. The molecule has 3 rings (SSSR count). The number of hydrogen-bond acceptors (Lipinski definition) is 7. The predicted molar refractivity (Wildman–Crippen MR) is 95.8 cm³/mol. The number of hydrogen-bond donors (Lipinski definition) is 2. The Balaban J connectivity index is 1.76. The molecular weight excluding hydrogens is 342 g/mol. The summed E-state index contributed by atoms with van der Waals surface area (Å²) in [4.78, 5) is 11.1. The molecule has 3 heterocycles. The Morgan fingerprint density at radius 1 is 1.32 bits per heavy atom. The highest BCUT2D eigenvalue weighted by Gasteiger charge is 2.19. The fourth-order valence-electron chi connectivity index (χ4n) is 2.76. The lowest BCUT2D eigenvalue weighted by Crippen LogP contribution is -2.25. The van der Waals surface area contributed by atoms with Crippen LogP contribution in [0.1, 0.15) is 24.7 Å². The van der Waals surface area contributed by atoms with Gasteiger partial charge in [-0.05, 0) is 25.5 Å². The highest BCUT2D eigenvalue weighted by atomic mass is 32.2. The normalized spacial score (nSPS) is 14.9. The van der Waals surface area contributed by atoms with Gasteiger partial charge in [0, 0.05) is 25.8 Å². The number of fused-ring (bicyclic) bond motifs is 1. The number of nitrogens with one attached hydrogen (secondary N) is 2. The van der Waals surface area contributed by atoms with Gasteiger partial charge in [-0.2, -0.15) is 10.1 Å². The van der Waals surface area contributed by atoms with Crippen molar-refractivity contribution in [2.24, 2.45) is 0 Å². The number of aryl methyl sites for hydroxylation is 1. The molecule has 25 heavy (non-hydrogen) atoms. The van der Waals surface area contributed by atoms with Crippen LogP contribution in [0.25, 0.3) is 0 Å². The van der Waals surface area contributed by atoms with E-state index in [0.717, 1.165) is 43.8 Å². The van der Waals surface area contributed by atoms with E-state index in [1.165, 1.54) is 0 Å². The summed E-state index contributed by atoms with van der Waals surface area (Å²) in [6, 6.07) is 3.79. The van der Waals surface area contributed by atoms with Crippen molar-refractivity contribution in [2.75, 3.05) is 29.6 Å². The SMILES string of the molecule is CCNc1ccnc(N2CCCn3nc(CNS(C)(=O)=O)cc3C2)n1. The van der Waals surface area contributed by atoms with Crippen molar-refractivity contribution in [2.45, 2.75) is 33.0 Å². The van der Waals surface area contributed by atoms with E-state index in [-0.39, 0.29) is 6.54 Å². The number of aromatic nitrogens is 4. The van der Waals surface area contributed by atoms with Gasteiger partial charge < -0.3 is 10.2 Å². The Hall–Kier alpha value is -2.20. The third-order valence-electron chi connectivity index (χ3n) is 3.86. The van der Waals surface area contributed by atoms with Gasteiger partial charge in [-0.3, -0.25) is 4.68 Å². The Labute approximate surface area is 147 Å². The van der Waals surface area contributed by atoms with Gasteiger partial charge in [-0.1, -0.05) is 0 Å². The van der Waals surface area contributed by atoms with E-state index in [1.807, 2.05) is 23.7 Å². The molecule has 1 aliphatic heterocycles. The predicted octanol–water partition coefficient (Wildman–Crippen LogP) is 0.564. The molecular formula is C15H23N7O2S. The van der Waals surface area contributed by atoms with Crippen LogP contribution in [-0.2, 0) is 29.7 Å². The third-order valence-corrected chi connectivity index (χ3v) is 4.53. The van der Waals surface area contributed by atoms with Crippen molar-refractivity contribution in [1.29, 1.82) is 0 Å². The summed E-state index contributed by atoms with van der Waals surface area (Å²) in [5, 5.41) is 7.70. The van der Waals surface area contributed by atoms with Gasteiger partial charge in [0.05, 0.1) is 30.7 Å². The van der Waals surface area contributed by atoms with Crippen LogP contribution in [0.3, 0.4) is 0 Å². The van der Waals surface area contributed by atoms with E-state index in [9.17, 15) is 8.42 Å². The Morgan fingerprint density at radius 3 is 2.92 bits per heavy atom. The zero-order chi connectivity index (χ0) is 17.9. The first-order valence-corrected chi connectivity index (χ1v) is 10.2. The standard InChI is InChI=1S/C15H23N7O2S/c1-3-16-14-5-6-17-15(19-14)21-7-4-8-22-13(11-21)9-12(20-22)10-18-25(2,23)24/h5-6,9,18H,3-4,7-8,10-11H2,1-2H3,(H,16,17,19). The van der Waals surface area contributed by atoms with Gasteiger partial charge in [0.2, 0.25) is 16.0 Å². The van der Waals surface area contributed by atoms with E-state index >= 15 is 0 Å². The highest BCUT2D eigenvalue weighted by molar-refractivity contribution is 7.88. The van der Waals surface area contributed by atoms with E-state index < -0.39 is 10.0 Å². The molecule has 0 aromatic carbocycles. The first-order valence-electron chi connectivity index (χ1n) is 8.26. The smallest absolute Gasteiger partial charge is 0.227 e. The maximum absolute atomic E-state index is 11.2. The maximum Gasteiger partial charge on any atom is 0.227 e. The molecule has 0 aliphatic carbocycles. The minimum atomic E-state index is -3.23. The molecule has 0 atom stereocenters. The van der Waals surface area contributed by atoms with Crippen LogP contribution in [0, 0.1) is 0 Å². The second kappa shape index (κ2) is 7.36. The average molecular weight is 365 g/mol. The van der Waals surface area contributed by atoms with Crippen LogP contribution >= 0.6 is 0 Å². The van der Waals surface area contributed by atoms with Crippen LogP contribution in [0.2, 0.25) is 0 Å². The molecule has 2 aromatic heterocycles. The van der Waals surface area contributed by atoms with Crippen molar-refractivity contribution in [3.8, 4) is 0 Å². The maximum atomic E-state index is 11.2. The van der Waals surface area contributed by atoms with Crippen molar-refractivity contribution >= 4 is 21.8 Å². The summed E-state index contributed by atoms with van der Waals surface area (Å²) < 4.78 is 26.9. The quantitative estimate of drug-likeness (QED) is 0.771. The third kappa shape index (κ3) is 4.67. The summed E-state index contributed by atoms with van der Waals surface area (Å²) in [6.45, 7) is 5.30. The van der Waals surface area contributed by atoms with Crippen molar-refractivity contribution in [3.63, 3.8) is 0 Å². The lowest BCUT2D eigenvalue weighted by Gasteiger charge is -2.20. The van der Waals surface area contributed by atoms with Crippen molar-refractivity contribution in [3.05, 3.63) is 29.7 Å². The molecule has 136 valence electrons. The lowest BCUT2D eigenvalue weighted by molar-refractivity contribution is 0.573. The molecule has 10 heteroatoms. The zero-order valence-corrected chi connectivity index (χ0v) is 15.3. The van der Waals surface area contributed by atoms with Crippen LogP contribution in [0.5, 0.6) is 0 Å². The van der Waals surface area contributed by atoms with Crippen LogP contribution < -0.4 is 14.9 Å². The molecule has 0 saturated carbocycles. The highest BCUT2D eigenvalue weighted by Crippen LogP contribution is 2.19. The van der Waals surface area contributed by atoms with Gasteiger partial charge in [0.1, 0.15) is 5.82 Å². The molecule has 0 bridgehead atoms. The minimum Gasteiger partial charge on any atom is -0.370 e. The van der Waals surface area contributed by atoms with Gasteiger partial charge in [-0.25, -0.2) is 18.1 Å². The molecule has 0 fully saturated rings. The molecule has 9 nitrogen and oxygen atoms in total. The van der Waals surface area contributed by atoms with Crippen LogP contribution in [0.4, 0.5) is 11.8 Å². The fourth-order valence-corrected chi connectivity index (χ4v) is 3.17. The first-order chi connectivity index (χ1) is 11.9. The molecule has 2 aromatic rings. The molecule has 0 amide bonds. The molecule has 2 N–H and O–H groups in total. The van der Waals surface area contributed by atoms with E-state index in [0.29, 0.717) is 18.2 Å². The minimum absolute atomic E-state index is 0.200. The van der Waals surface area contributed by atoms with E-state index in [1.54, 1.807) is 6.20 Å². The first kappa shape index (κ1) is 17.6. The van der Waals surface area contributed by atoms with Gasteiger partial charge in [-0.15, -0.1) is 0 Å². The largest absolute Gasteiger partial charge is 0.370 e. The number of nitrogens with zero attached hydrogens (tertiary/aromatic N) is 5. The molecule has 0 radical (unpaired) electrons. The molecule has 0 spiro atoms. The van der Waals surface area contributed by atoms with Crippen LogP contribution in [-0.4, -0.2) is 47.5 Å². The molecule has 1 aliphatic rings. The van der Waals surface area contributed by atoms with Gasteiger partial charge in [0.25, 0.3) is 0 Å². The van der Waals surface area contributed by atoms with Crippen LogP contribution in [0.15, 0.2) is 18.3 Å². The summed E-state index contributed by atoms with van der Waals surface area (Å²) in [7, 11) is -3.23. The number of sulfonamides is 1. The second-order valence-electron chi connectivity index (χ2n) is 5.99. The van der Waals surface area contributed by atoms with Gasteiger partial charge in [0.15, 0.2) is 0 Å². The summed E-state index contributed by atoms with van der Waals surface area (Å²) >= 11 is 0. The van der Waals surface area contributed by atoms with Crippen molar-refractivity contribution < 1.29 is 8.42 Å². The lowest BCUT2D eigenvalue weighted by atomic mass is 10.3. The Morgan fingerprint density at radius 2 is 2.16 bits per heavy atom. The second-order valence-corrected chi connectivity index (χ2v) is 7.82. The summed E-state index contributed by atoms with van der Waals surface area (Å²) in [5.41, 5.74) is 1.74. The number of rotatable bonds is 6. The van der Waals surface area contributed by atoms with E-state index in [4.69, 9.17) is 0 Å². The average Bonchev–Trinajstić information content (AvgIpc) is 2.83. The molecule has 0 saturated heterocycles. The zero-order valence-electron chi connectivity index (χ0n) is 14.4. The van der Waals surface area contributed by atoms with Gasteiger partial charge >= 0.3 is 0 Å². The molecule has 0 unspecified atom stereocenters. The van der Waals surface area contributed by atoms with Crippen molar-refractivity contribution in [1.82, 2.24) is 24.5 Å². The number of anilines is 2. The Bertz CT molecular complexity index is 834. The van der Waals surface area contributed by atoms with E-state index in [2.05, 4.69) is 30.0 Å². The summed E-state index contributed by atoms with van der Waals surface area (Å²) in [5.74, 6) is 1.49.